The number of fused-ring (bicyclic) bond motifs is 1. The highest BCUT2D eigenvalue weighted by molar-refractivity contribution is 6.30. The molecule has 1 saturated heterocycles. The standard InChI is InChI=1S/C26H27ClF3N5O3/c1-37-21-7-6-16(12-22(21)38-2)20-14-23(26(28,29)30)35-24(32-20)19(15-31-35)25(36)34-10-8-33(9-11-34)18-5-3-4-17(27)13-18/h3-7,12-13,15,20,23,32H,8-11,14H2,1-2H3. The van der Waals surface area contributed by atoms with E-state index in [2.05, 4.69) is 15.3 Å². The number of halogens is 4. The number of anilines is 2. The smallest absolute Gasteiger partial charge is 0.410 e. The van der Waals surface area contributed by atoms with Crippen LogP contribution in [0.15, 0.2) is 48.7 Å². The van der Waals surface area contributed by atoms with E-state index >= 15 is 0 Å². The average Bonchev–Trinajstić information content (AvgIpc) is 3.35. The van der Waals surface area contributed by atoms with E-state index in [0.29, 0.717) is 48.3 Å². The first-order valence-electron chi connectivity index (χ1n) is 12.1. The topological polar surface area (TPSA) is 71.9 Å². The summed E-state index contributed by atoms with van der Waals surface area (Å²) in [5.41, 5.74) is 1.65. The third kappa shape index (κ3) is 4.94. The number of piperazine rings is 1. The van der Waals surface area contributed by atoms with Crippen LogP contribution in [0.4, 0.5) is 24.7 Å². The molecule has 3 heterocycles. The molecule has 1 N–H and O–H groups in total. The van der Waals surface area contributed by atoms with Crippen LogP contribution < -0.4 is 19.7 Å². The van der Waals surface area contributed by atoms with Crippen LogP contribution >= 0.6 is 11.6 Å². The second-order valence-corrected chi connectivity index (χ2v) is 9.65. The Morgan fingerprint density at radius 1 is 1.05 bits per heavy atom. The van der Waals surface area contributed by atoms with E-state index in [1.54, 1.807) is 29.2 Å². The molecule has 2 aromatic carbocycles. The van der Waals surface area contributed by atoms with Crippen molar-refractivity contribution in [2.75, 3.05) is 50.6 Å². The number of benzene rings is 2. The van der Waals surface area contributed by atoms with Gasteiger partial charge in [0, 0.05) is 43.3 Å². The van der Waals surface area contributed by atoms with E-state index in [1.165, 1.54) is 20.4 Å². The second kappa shape index (κ2) is 10.3. The molecule has 0 spiro atoms. The molecule has 2 aliphatic heterocycles. The third-order valence-corrected chi connectivity index (χ3v) is 7.25. The lowest BCUT2D eigenvalue weighted by Crippen LogP contribution is -2.49. The van der Waals surface area contributed by atoms with Gasteiger partial charge in [-0.15, -0.1) is 0 Å². The Kier molecular flexibility index (Phi) is 7.04. The van der Waals surface area contributed by atoms with Crippen LogP contribution in [0, 0.1) is 0 Å². The fourth-order valence-corrected chi connectivity index (χ4v) is 5.20. The van der Waals surface area contributed by atoms with Crippen LogP contribution in [0.3, 0.4) is 0 Å². The lowest BCUT2D eigenvalue weighted by atomic mass is 9.96. The number of alkyl halides is 3. The molecule has 2 unspecified atom stereocenters. The Morgan fingerprint density at radius 2 is 1.79 bits per heavy atom. The highest BCUT2D eigenvalue weighted by atomic mass is 35.5. The molecule has 1 aromatic heterocycles. The van der Waals surface area contributed by atoms with Gasteiger partial charge in [-0.2, -0.15) is 18.3 Å². The van der Waals surface area contributed by atoms with E-state index in [4.69, 9.17) is 21.1 Å². The normalized spacial score (nSPS) is 19.5. The number of hydrogen-bond acceptors (Lipinski definition) is 6. The summed E-state index contributed by atoms with van der Waals surface area (Å²) in [6, 6.07) is 9.85. The van der Waals surface area contributed by atoms with E-state index in [0.717, 1.165) is 10.4 Å². The van der Waals surface area contributed by atoms with E-state index < -0.39 is 18.3 Å². The fraction of sp³-hybridized carbons (Fsp3) is 0.385. The monoisotopic (exact) mass is 549 g/mol. The predicted molar refractivity (Wildman–Crippen MR) is 137 cm³/mol. The van der Waals surface area contributed by atoms with Crippen LogP contribution in [-0.4, -0.2) is 67.2 Å². The summed E-state index contributed by atoms with van der Waals surface area (Å²) in [4.78, 5) is 17.3. The van der Waals surface area contributed by atoms with Gasteiger partial charge in [0.1, 0.15) is 11.4 Å². The number of carbonyl (C=O) groups is 1. The van der Waals surface area contributed by atoms with E-state index in [1.807, 2.05) is 18.2 Å². The van der Waals surface area contributed by atoms with Gasteiger partial charge in [0.05, 0.1) is 26.5 Å². The quantitative estimate of drug-likeness (QED) is 0.473. The van der Waals surface area contributed by atoms with Crippen molar-refractivity contribution in [2.45, 2.75) is 24.7 Å². The van der Waals surface area contributed by atoms with Crippen LogP contribution in [0.2, 0.25) is 5.02 Å². The zero-order valence-corrected chi connectivity index (χ0v) is 21.6. The molecule has 1 fully saturated rings. The maximum absolute atomic E-state index is 14.1. The van der Waals surface area contributed by atoms with Crippen molar-refractivity contribution >= 4 is 29.0 Å². The van der Waals surface area contributed by atoms with Crippen molar-refractivity contribution in [1.82, 2.24) is 14.7 Å². The van der Waals surface area contributed by atoms with Crippen LogP contribution in [0.5, 0.6) is 11.5 Å². The number of methoxy groups -OCH3 is 2. The molecule has 8 nitrogen and oxygen atoms in total. The Hall–Kier alpha value is -3.60. The summed E-state index contributed by atoms with van der Waals surface area (Å²) >= 11 is 6.11. The summed E-state index contributed by atoms with van der Waals surface area (Å²) in [6.07, 6.45) is -3.62. The van der Waals surface area contributed by atoms with E-state index in [-0.39, 0.29) is 23.7 Å². The van der Waals surface area contributed by atoms with Crippen LogP contribution in [-0.2, 0) is 0 Å². The van der Waals surface area contributed by atoms with Crippen LogP contribution in [0.25, 0.3) is 0 Å². The molecule has 3 aromatic rings. The maximum Gasteiger partial charge on any atom is 0.410 e. The maximum atomic E-state index is 14.1. The lowest BCUT2D eigenvalue weighted by Gasteiger charge is -2.37. The number of rotatable bonds is 5. The number of nitrogens with zero attached hydrogens (tertiary/aromatic N) is 4. The average molecular weight is 550 g/mol. The zero-order valence-electron chi connectivity index (χ0n) is 20.8. The molecule has 2 aliphatic rings. The summed E-state index contributed by atoms with van der Waals surface area (Å²) in [7, 11) is 2.95. The highest BCUT2D eigenvalue weighted by Crippen LogP contribution is 2.45. The summed E-state index contributed by atoms with van der Waals surface area (Å²) in [6.45, 7) is 1.97. The summed E-state index contributed by atoms with van der Waals surface area (Å²) in [5, 5.41) is 7.77. The van der Waals surface area contributed by atoms with Gasteiger partial charge in [-0.3, -0.25) is 4.79 Å². The molecule has 38 heavy (non-hydrogen) atoms. The van der Waals surface area contributed by atoms with Crippen molar-refractivity contribution in [3.8, 4) is 11.5 Å². The fourth-order valence-electron chi connectivity index (χ4n) is 5.02. The Morgan fingerprint density at radius 3 is 2.45 bits per heavy atom. The van der Waals surface area contributed by atoms with Gasteiger partial charge in [0.2, 0.25) is 0 Å². The van der Waals surface area contributed by atoms with Gasteiger partial charge in [0.15, 0.2) is 17.5 Å². The Balaban J connectivity index is 1.39. The first-order chi connectivity index (χ1) is 18.2. The molecule has 202 valence electrons. The van der Waals surface area contributed by atoms with Crippen molar-refractivity contribution in [1.29, 1.82) is 0 Å². The van der Waals surface area contributed by atoms with Gasteiger partial charge in [0.25, 0.3) is 5.91 Å². The molecule has 12 heteroatoms. The number of hydrogen-bond donors (Lipinski definition) is 1. The number of ether oxygens (including phenoxy) is 2. The number of carbonyl (C=O) groups excluding carboxylic acids is 1. The molecular weight excluding hydrogens is 523 g/mol. The molecular formula is C26H27ClF3N5O3. The van der Waals surface area contributed by atoms with Gasteiger partial charge in [-0.1, -0.05) is 23.7 Å². The van der Waals surface area contributed by atoms with Gasteiger partial charge >= 0.3 is 6.18 Å². The number of aromatic nitrogens is 2. The number of nitrogens with one attached hydrogen (secondary N) is 1. The van der Waals surface area contributed by atoms with Gasteiger partial charge in [-0.25, -0.2) is 4.68 Å². The van der Waals surface area contributed by atoms with Crippen molar-refractivity contribution < 1.29 is 27.4 Å². The van der Waals surface area contributed by atoms with Crippen LogP contribution in [0.1, 0.15) is 34.4 Å². The van der Waals surface area contributed by atoms with Crippen molar-refractivity contribution in [2.24, 2.45) is 0 Å². The van der Waals surface area contributed by atoms with Gasteiger partial charge < -0.3 is 24.6 Å². The first kappa shape index (κ1) is 26.0. The highest BCUT2D eigenvalue weighted by Gasteiger charge is 2.47. The third-order valence-electron chi connectivity index (χ3n) is 7.02. The van der Waals surface area contributed by atoms with Crippen molar-refractivity contribution in [3.05, 3.63) is 64.8 Å². The summed E-state index contributed by atoms with van der Waals surface area (Å²) < 4.78 is 53.9. The minimum absolute atomic E-state index is 0.0561. The zero-order chi connectivity index (χ0) is 27.0. The second-order valence-electron chi connectivity index (χ2n) is 9.21. The Labute approximate surface area is 222 Å². The molecule has 0 saturated carbocycles. The Bertz CT molecular complexity index is 1320. The molecule has 0 aliphatic carbocycles. The number of amides is 1. The largest absolute Gasteiger partial charge is 0.493 e. The lowest BCUT2D eigenvalue weighted by molar-refractivity contribution is -0.173. The predicted octanol–water partition coefficient (Wildman–Crippen LogP) is 5.18. The molecule has 2 atom stereocenters. The molecule has 0 bridgehead atoms. The minimum atomic E-state index is -4.55. The molecule has 5 rings (SSSR count). The molecule has 0 radical (unpaired) electrons. The summed E-state index contributed by atoms with van der Waals surface area (Å²) in [5.74, 6) is 0.569. The first-order valence-corrected chi connectivity index (χ1v) is 12.5. The van der Waals surface area contributed by atoms with Crippen molar-refractivity contribution in [3.63, 3.8) is 0 Å². The minimum Gasteiger partial charge on any atom is -0.493 e. The van der Waals surface area contributed by atoms with E-state index in [9.17, 15) is 18.0 Å². The van der Waals surface area contributed by atoms with Gasteiger partial charge in [-0.05, 0) is 35.9 Å². The molecule has 1 amide bonds. The SMILES string of the molecule is COc1ccc(C2CC(C(F)(F)F)n3ncc(C(=O)N4CCN(c5cccc(Cl)c5)CC4)c3N2)cc1OC.